The van der Waals surface area contributed by atoms with Gasteiger partial charge in [0.05, 0.1) is 10.7 Å². The van der Waals surface area contributed by atoms with Gasteiger partial charge in [0.15, 0.2) is 0 Å². The van der Waals surface area contributed by atoms with Crippen molar-refractivity contribution in [3.8, 4) is 11.3 Å². The summed E-state index contributed by atoms with van der Waals surface area (Å²) in [6, 6.07) is 2.83. The predicted molar refractivity (Wildman–Crippen MR) is 96.3 cm³/mol. The smallest absolute Gasteiger partial charge is 0.270 e. The van der Waals surface area contributed by atoms with Crippen LogP contribution in [0.15, 0.2) is 17.6 Å². The molecule has 2 atom stereocenters. The van der Waals surface area contributed by atoms with Gasteiger partial charge < -0.3 is 14.8 Å². The molecule has 0 radical (unpaired) electrons. The van der Waals surface area contributed by atoms with Crippen molar-refractivity contribution in [3.05, 3.63) is 28.3 Å². The summed E-state index contributed by atoms with van der Waals surface area (Å²) < 4.78 is 0. The lowest BCUT2D eigenvalue weighted by Crippen LogP contribution is -2.47. The van der Waals surface area contributed by atoms with Gasteiger partial charge in [-0.1, -0.05) is 0 Å². The fraction of sp³-hybridized carbons (Fsp3) is 0.556. The number of nitrogens with one attached hydrogen (secondary N) is 1. The number of aryl methyl sites for hydroxylation is 1. The third-order valence-corrected chi connectivity index (χ3v) is 6.18. The van der Waals surface area contributed by atoms with Crippen LogP contribution >= 0.6 is 11.3 Å². The van der Waals surface area contributed by atoms with Crippen molar-refractivity contribution in [2.45, 2.75) is 44.7 Å². The zero-order valence-electron chi connectivity index (χ0n) is 14.3. The van der Waals surface area contributed by atoms with Crippen molar-refractivity contribution >= 4 is 17.2 Å². The molecule has 2 aliphatic heterocycles. The lowest BCUT2D eigenvalue weighted by Gasteiger charge is -2.33. The van der Waals surface area contributed by atoms with Crippen LogP contribution in [0.5, 0.6) is 0 Å². The first kappa shape index (κ1) is 15.8. The quantitative estimate of drug-likeness (QED) is 0.931. The minimum absolute atomic E-state index is 0.135. The molecule has 6 heteroatoms. The monoisotopic (exact) mass is 344 g/mol. The number of carbonyl (C=O) groups excluding carboxylic acids is 1. The summed E-state index contributed by atoms with van der Waals surface area (Å²) in [5, 5.41) is 3.08. The van der Waals surface area contributed by atoms with E-state index in [1.165, 1.54) is 12.8 Å². The molecule has 0 aromatic carbocycles. The summed E-state index contributed by atoms with van der Waals surface area (Å²) in [4.78, 5) is 25.2. The number of aromatic nitrogens is 2. The molecule has 4 rings (SSSR count). The van der Waals surface area contributed by atoms with Gasteiger partial charge in [-0.15, -0.1) is 11.3 Å². The van der Waals surface area contributed by atoms with Gasteiger partial charge >= 0.3 is 0 Å². The number of rotatable bonds is 3. The number of likely N-dealkylation sites (N-methyl/N-ethyl adjacent to an activating group) is 1. The number of aromatic amines is 1. The molecule has 0 saturated carbocycles. The van der Waals surface area contributed by atoms with E-state index in [1.807, 2.05) is 24.6 Å². The van der Waals surface area contributed by atoms with Crippen LogP contribution in [0.1, 0.15) is 41.2 Å². The standard InChI is InChI=1S/C18H24N4OS/c1-12-20-15(11-24-12)13-9-14(19-10-13)18(23)22-8-4-6-17(22)16-5-3-7-21(16)2/h9-11,16-17,19H,3-8H2,1-2H3/t16-,17+/m1/s1. The molecule has 0 bridgehead atoms. The summed E-state index contributed by atoms with van der Waals surface area (Å²) in [6.45, 7) is 4.02. The SMILES string of the molecule is Cc1nc(-c2c[nH]c(C(=O)N3CCC[C@H]3[C@H]3CCCN3C)c2)cs1. The van der Waals surface area contributed by atoms with Crippen LogP contribution in [-0.2, 0) is 0 Å². The summed E-state index contributed by atoms with van der Waals surface area (Å²) in [7, 11) is 2.19. The molecule has 5 nitrogen and oxygen atoms in total. The van der Waals surface area contributed by atoms with Crippen LogP contribution < -0.4 is 0 Å². The molecule has 2 aliphatic rings. The van der Waals surface area contributed by atoms with Crippen molar-refractivity contribution in [3.63, 3.8) is 0 Å². The number of hydrogen-bond donors (Lipinski definition) is 1. The third kappa shape index (κ3) is 2.78. The fourth-order valence-electron chi connectivity index (χ4n) is 4.18. The predicted octanol–water partition coefficient (Wildman–Crippen LogP) is 3.15. The van der Waals surface area contributed by atoms with Gasteiger partial charge in [-0.3, -0.25) is 4.79 Å². The second-order valence-corrected chi connectivity index (χ2v) is 8.01. The fourth-order valence-corrected chi connectivity index (χ4v) is 4.81. The van der Waals surface area contributed by atoms with Crippen LogP contribution in [0.25, 0.3) is 11.3 Å². The molecule has 128 valence electrons. The van der Waals surface area contributed by atoms with Crippen LogP contribution in [0.4, 0.5) is 0 Å². The number of nitrogens with zero attached hydrogens (tertiary/aromatic N) is 3. The number of hydrogen-bond acceptors (Lipinski definition) is 4. The maximum absolute atomic E-state index is 13.0. The Labute approximate surface area is 146 Å². The molecule has 1 amide bonds. The first-order valence-electron chi connectivity index (χ1n) is 8.75. The van der Waals surface area contributed by atoms with E-state index in [1.54, 1.807) is 11.3 Å². The van der Waals surface area contributed by atoms with Gasteiger partial charge in [0.25, 0.3) is 5.91 Å². The number of likely N-dealkylation sites (tertiary alicyclic amines) is 2. The van der Waals surface area contributed by atoms with Crippen molar-refractivity contribution in [2.75, 3.05) is 20.1 Å². The van der Waals surface area contributed by atoms with Gasteiger partial charge in [-0.25, -0.2) is 4.98 Å². The highest BCUT2D eigenvalue weighted by molar-refractivity contribution is 7.09. The normalized spacial score (nSPS) is 24.8. The number of carbonyl (C=O) groups is 1. The molecule has 24 heavy (non-hydrogen) atoms. The highest BCUT2D eigenvalue weighted by atomic mass is 32.1. The number of H-pyrrole nitrogens is 1. The van der Waals surface area contributed by atoms with E-state index in [0.29, 0.717) is 17.8 Å². The van der Waals surface area contributed by atoms with Crippen LogP contribution in [0.3, 0.4) is 0 Å². The molecule has 4 heterocycles. The van der Waals surface area contributed by atoms with Gasteiger partial charge in [0.2, 0.25) is 0 Å². The molecule has 1 N–H and O–H groups in total. The number of thiazole rings is 1. The zero-order chi connectivity index (χ0) is 16.7. The summed E-state index contributed by atoms with van der Waals surface area (Å²) >= 11 is 1.63. The average Bonchev–Trinajstić information content (AvgIpc) is 3.33. The summed E-state index contributed by atoms with van der Waals surface area (Å²) in [5.74, 6) is 0.135. The lowest BCUT2D eigenvalue weighted by molar-refractivity contribution is 0.0659. The Hall–Kier alpha value is -1.66. The Bertz CT molecular complexity index is 737. The van der Waals surface area contributed by atoms with E-state index < -0.39 is 0 Å². The molecular weight excluding hydrogens is 320 g/mol. The Morgan fingerprint density at radius 2 is 2.08 bits per heavy atom. The molecule has 2 aromatic heterocycles. The van der Waals surface area contributed by atoms with Crippen LogP contribution in [-0.4, -0.2) is 57.9 Å². The van der Waals surface area contributed by atoms with Crippen LogP contribution in [0.2, 0.25) is 0 Å². The second-order valence-electron chi connectivity index (χ2n) is 6.95. The highest BCUT2D eigenvalue weighted by Gasteiger charge is 2.38. The topological polar surface area (TPSA) is 52.2 Å². The van der Waals surface area contributed by atoms with Crippen LogP contribution in [0, 0.1) is 6.92 Å². The van der Waals surface area contributed by atoms with E-state index in [2.05, 4.69) is 26.8 Å². The second kappa shape index (κ2) is 6.33. The molecule has 2 fully saturated rings. The van der Waals surface area contributed by atoms with Crippen molar-refractivity contribution in [2.24, 2.45) is 0 Å². The molecule has 0 spiro atoms. The minimum atomic E-state index is 0.135. The first-order valence-corrected chi connectivity index (χ1v) is 9.63. The van der Waals surface area contributed by atoms with Crippen molar-refractivity contribution < 1.29 is 4.79 Å². The summed E-state index contributed by atoms with van der Waals surface area (Å²) in [6.07, 6.45) is 6.59. The Kier molecular flexibility index (Phi) is 4.18. The first-order chi connectivity index (χ1) is 11.6. The number of amides is 1. The lowest BCUT2D eigenvalue weighted by atomic mass is 10.0. The molecule has 0 unspecified atom stereocenters. The zero-order valence-corrected chi connectivity index (χ0v) is 15.1. The molecule has 2 aromatic rings. The Balaban J connectivity index is 1.54. The highest BCUT2D eigenvalue weighted by Crippen LogP contribution is 2.30. The van der Waals surface area contributed by atoms with Gasteiger partial charge in [-0.05, 0) is 52.3 Å². The minimum Gasteiger partial charge on any atom is -0.357 e. The van der Waals surface area contributed by atoms with E-state index in [0.717, 1.165) is 42.2 Å². The molecular formula is C18H24N4OS. The maximum atomic E-state index is 13.0. The maximum Gasteiger partial charge on any atom is 0.270 e. The van der Waals surface area contributed by atoms with Gasteiger partial charge in [-0.2, -0.15) is 0 Å². The van der Waals surface area contributed by atoms with E-state index in [9.17, 15) is 4.79 Å². The van der Waals surface area contributed by atoms with Gasteiger partial charge in [0.1, 0.15) is 5.69 Å². The van der Waals surface area contributed by atoms with Crippen molar-refractivity contribution in [1.29, 1.82) is 0 Å². The summed E-state index contributed by atoms with van der Waals surface area (Å²) in [5.41, 5.74) is 2.63. The van der Waals surface area contributed by atoms with E-state index in [-0.39, 0.29) is 5.91 Å². The molecule has 0 aliphatic carbocycles. The van der Waals surface area contributed by atoms with E-state index in [4.69, 9.17) is 0 Å². The largest absolute Gasteiger partial charge is 0.357 e. The average molecular weight is 344 g/mol. The van der Waals surface area contributed by atoms with E-state index >= 15 is 0 Å². The molecule has 2 saturated heterocycles. The van der Waals surface area contributed by atoms with Crippen molar-refractivity contribution in [1.82, 2.24) is 19.8 Å². The Morgan fingerprint density at radius 1 is 1.29 bits per heavy atom. The van der Waals surface area contributed by atoms with Gasteiger partial charge in [0, 0.05) is 35.8 Å². The third-order valence-electron chi connectivity index (χ3n) is 5.41. The Morgan fingerprint density at radius 3 is 2.79 bits per heavy atom.